The number of benzene rings is 1. The van der Waals surface area contributed by atoms with Crippen molar-refractivity contribution in [3.63, 3.8) is 0 Å². The molecule has 128 valence electrons. The number of hydrogen-bond donors (Lipinski definition) is 3. The number of nitro benzene ring substituents is 1. The fraction of sp³-hybridized carbons (Fsp3) is 0.462. The molecule has 0 aliphatic heterocycles. The minimum Gasteiger partial charge on any atom is -0.480 e. The molecule has 0 fully saturated rings. The highest BCUT2D eigenvalue weighted by Crippen LogP contribution is 2.29. The maximum Gasteiger partial charge on any atom is 0.326 e. The van der Waals surface area contributed by atoms with Gasteiger partial charge in [0, 0.05) is 6.07 Å². The van der Waals surface area contributed by atoms with E-state index in [4.69, 9.17) is 0 Å². The number of carbonyl (C=O) groups is 1. The topological polar surface area (TPSA) is 139 Å². The number of rotatable bonds is 8. The van der Waals surface area contributed by atoms with Gasteiger partial charge in [-0.1, -0.05) is 20.3 Å². The molecule has 0 saturated carbocycles. The Morgan fingerprint density at radius 1 is 1.43 bits per heavy atom. The highest BCUT2D eigenvalue weighted by Gasteiger charge is 2.27. The molecule has 0 bridgehead atoms. The second-order valence-corrected chi connectivity index (χ2v) is 6.88. The molecule has 10 heteroatoms. The summed E-state index contributed by atoms with van der Waals surface area (Å²) >= 11 is 0. The van der Waals surface area contributed by atoms with Crippen LogP contribution in [-0.4, -0.2) is 37.5 Å². The first-order valence-corrected chi connectivity index (χ1v) is 8.33. The van der Waals surface area contributed by atoms with Crippen LogP contribution >= 0.6 is 0 Å². The van der Waals surface area contributed by atoms with Crippen LogP contribution in [0.15, 0.2) is 23.1 Å². The highest BCUT2D eigenvalue weighted by atomic mass is 32.2. The number of sulfonamides is 1. The number of carboxylic acids is 1. The first-order valence-electron chi connectivity index (χ1n) is 6.85. The van der Waals surface area contributed by atoms with E-state index in [0.29, 0.717) is 6.42 Å². The number of nitrogens with zero attached hydrogens (tertiary/aromatic N) is 1. The van der Waals surface area contributed by atoms with Crippen LogP contribution < -0.4 is 10.0 Å². The molecular formula is C13H19N3O6S. The lowest BCUT2D eigenvalue weighted by Gasteiger charge is -2.21. The van der Waals surface area contributed by atoms with Crippen LogP contribution in [0.3, 0.4) is 0 Å². The van der Waals surface area contributed by atoms with Gasteiger partial charge in [0.15, 0.2) is 0 Å². The Labute approximate surface area is 133 Å². The molecule has 2 atom stereocenters. The molecule has 0 aliphatic rings. The monoisotopic (exact) mass is 345 g/mol. The van der Waals surface area contributed by atoms with E-state index >= 15 is 0 Å². The van der Waals surface area contributed by atoms with Gasteiger partial charge in [-0.15, -0.1) is 0 Å². The van der Waals surface area contributed by atoms with Gasteiger partial charge in [0.05, 0.1) is 9.82 Å². The molecule has 0 radical (unpaired) electrons. The summed E-state index contributed by atoms with van der Waals surface area (Å²) in [5.74, 6) is -1.41. The van der Waals surface area contributed by atoms with E-state index in [1.54, 1.807) is 13.8 Å². The van der Waals surface area contributed by atoms with Gasteiger partial charge in [0.25, 0.3) is 5.69 Å². The van der Waals surface area contributed by atoms with Crippen molar-refractivity contribution in [2.45, 2.75) is 31.2 Å². The van der Waals surface area contributed by atoms with E-state index in [-0.39, 0.29) is 16.5 Å². The maximum absolute atomic E-state index is 11.7. The second kappa shape index (κ2) is 7.38. The Bertz CT molecular complexity index is 704. The molecule has 1 aromatic rings. The van der Waals surface area contributed by atoms with Crippen molar-refractivity contribution in [3.05, 3.63) is 28.3 Å². The summed E-state index contributed by atoms with van der Waals surface area (Å²) in [5.41, 5.74) is -0.548. The molecule has 9 nitrogen and oxygen atoms in total. The summed E-state index contributed by atoms with van der Waals surface area (Å²) in [6, 6.07) is 2.24. The molecule has 0 aliphatic carbocycles. The Morgan fingerprint density at radius 3 is 2.48 bits per heavy atom. The Kier molecular flexibility index (Phi) is 6.05. The lowest BCUT2D eigenvalue weighted by atomic mass is 9.99. The average molecular weight is 345 g/mol. The number of nitro groups is 1. The third kappa shape index (κ3) is 4.39. The Hall–Kier alpha value is -2.20. The van der Waals surface area contributed by atoms with Gasteiger partial charge in [-0.25, -0.2) is 17.9 Å². The van der Waals surface area contributed by atoms with Gasteiger partial charge >= 0.3 is 5.97 Å². The first-order chi connectivity index (χ1) is 10.6. The third-order valence-corrected chi connectivity index (χ3v) is 4.95. The molecular weight excluding hydrogens is 326 g/mol. The van der Waals surface area contributed by atoms with Crippen LogP contribution in [0.5, 0.6) is 0 Å². The van der Waals surface area contributed by atoms with Crippen LogP contribution in [-0.2, 0) is 14.8 Å². The molecule has 23 heavy (non-hydrogen) atoms. The van der Waals surface area contributed by atoms with Crippen LogP contribution in [0.1, 0.15) is 20.3 Å². The van der Waals surface area contributed by atoms with E-state index in [1.807, 2.05) is 0 Å². The van der Waals surface area contributed by atoms with Crippen molar-refractivity contribution in [2.24, 2.45) is 5.92 Å². The fourth-order valence-electron chi connectivity index (χ4n) is 1.92. The predicted molar refractivity (Wildman–Crippen MR) is 83.8 cm³/mol. The quantitative estimate of drug-likeness (QED) is 0.478. The summed E-state index contributed by atoms with van der Waals surface area (Å²) in [6.45, 7) is 3.51. The normalized spacial score (nSPS) is 14.0. The Morgan fingerprint density at radius 2 is 2.04 bits per heavy atom. The van der Waals surface area contributed by atoms with Crippen molar-refractivity contribution in [1.82, 2.24) is 4.72 Å². The summed E-state index contributed by atoms with van der Waals surface area (Å²) in [4.78, 5) is 21.5. The largest absolute Gasteiger partial charge is 0.480 e. The minimum atomic E-state index is -3.84. The number of carboxylic acid groups (broad SMARTS) is 1. The van der Waals surface area contributed by atoms with Crippen molar-refractivity contribution in [1.29, 1.82) is 0 Å². The van der Waals surface area contributed by atoms with E-state index in [2.05, 4.69) is 10.0 Å². The zero-order chi connectivity index (χ0) is 17.8. The predicted octanol–water partition coefficient (Wildman–Crippen LogP) is 1.41. The van der Waals surface area contributed by atoms with Gasteiger partial charge in [-0.05, 0) is 25.1 Å². The first kappa shape index (κ1) is 18.8. The third-order valence-electron chi connectivity index (χ3n) is 3.53. The van der Waals surface area contributed by atoms with E-state index in [1.165, 1.54) is 19.2 Å². The lowest BCUT2D eigenvalue weighted by molar-refractivity contribution is -0.384. The summed E-state index contributed by atoms with van der Waals surface area (Å²) in [6.07, 6.45) is 0.560. The van der Waals surface area contributed by atoms with E-state index in [9.17, 15) is 28.4 Å². The van der Waals surface area contributed by atoms with Crippen LogP contribution in [0, 0.1) is 16.0 Å². The summed E-state index contributed by atoms with van der Waals surface area (Å²) in [7, 11) is -2.64. The Balaban J connectivity index is 3.32. The van der Waals surface area contributed by atoms with Crippen molar-refractivity contribution >= 4 is 27.4 Å². The van der Waals surface area contributed by atoms with Crippen LogP contribution in [0.2, 0.25) is 0 Å². The van der Waals surface area contributed by atoms with E-state index < -0.39 is 32.6 Å². The second-order valence-electron chi connectivity index (χ2n) is 4.99. The highest BCUT2D eigenvalue weighted by molar-refractivity contribution is 7.89. The SMILES string of the molecule is CC[C@H](C)[C@H](Nc1ccc(S(=O)(=O)NC)cc1[N+](=O)[O-])C(=O)O. The molecule has 0 aromatic heterocycles. The molecule has 1 aromatic carbocycles. The minimum absolute atomic E-state index is 0.0437. The maximum atomic E-state index is 11.7. The fourth-order valence-corrected chi connectivity index (χ4v) is 2.67. The van der Waals surface area contributed by atoms with Crippen LogP contribution in [0.4, 0.5) is 11.4 Å². The van der Waals surface area contributed by atoms with Gasteiger partial charge in [-0.2, -0.15) is 0 Å². The lowest BCUT2D eigenvalue weighted by Crippen LogP contribution is -2.35. The van der Waals surface area contributed by atoms with Crippen molar-refractivity contribution < 1.29 is 23.2 Å². The molecule has 0 unspecified atom stereocenters. The summed E-state index contributed by atoms with van der Waals surface area (Å²) in [5, 5.41) is 23.1. The van der Waals surface area contributed by atoms with Crippen molar-refractivity contribution in [2.75, 3.05) is 12.4 Å². The van der Waals surface area contributed by atoms with Gasteiger partial charge in [0.2, 0.25) is 10.0 Å². The van der Waals surface area contributed by atoms with Crippen molar-refractivity contribution in [3.8, 4) is 0 Å². The zero-order valence-electron chi connectivity index (χ0n) is 12.9. The molecule has 3 N–H and O–H groups in total. The number of anilines is 1. The molecule has 0 spiro atoms. The van der Waals surface area contributed by atoms with Gasteiger partial charge in [0.1, 0.15) is 11.7 Å². The molecule has 1 rings (SSSR count). The zero-order valence-corrected chi connectivity index (χ0v) is 13.8. The molecule has 0 saturated heterocycles. The standard InChI is InChI=1S/C13H19N3O6S/c1-4-8(2)12(13(17)18)15-10-6-5-9(23(21,22)14-3)7-11(10)16(19)20/h5-8,12,14-15H,4H2,1-3H3,(H,17,18)/t8-,12-/m0/s1. The number of nitrogens with one attached hydrogen (secondary N) is 2. The smallest absolute Gasteiger partial charge is 0.326 e. The average Bonchev–Trinajstić information content (AvgIpc) is 2.51. The van der Waals surface area contributed by atoms with Crippen LogP contribution in [0.25, 0.3) is 0 Å². The summed E-state index contributed by atoms with van der Waals surface area (Å²) < 4.78 is 25.5. The molecule has 0 amide bonds. The van der Waals surface area contributed by atoms with Gasteiger partial charge < -0.3 is 10.4 Å². The molecule has 0 heterocycles. The number of hydrogen-bond acceptors (Lipinski definition) is 6. The van der Waals surface area contributed by atoms with E-state index in [0.717, 1.165) is 6.07 Å². The number of aliphatic carboxylic acids is 1. The van der Waals surface area contributed by atoms with Gasteiger partial charge in [-0.3, -0.25) is 10.1 Å².